The summed E-state index contributed by atoms with van der Waals surface area (Å²) in [6.07, 6.45) is 2.81. The first-order chi connectivity index (χ1) is 8.41. The van der Waals surface area contributed by atoms with Gasteiger partial charge in [0.1, 0.15) is 12.8 Å². The van der Waals surface area contributed by atoms with E-state index in [1.807, 2.05) is 13.8 Å². The zero-order valence-electron chi connectivity index (χ0n) is 11.0. The third kappa shape index (κ3) is 3.40. The molecule has 0 saturated heterocycles. The molecule has 1 aromatic rings. The maximum absolute atomic E-state index is 10.6. The predicted molar refractivity (Wildman–Crippen MR) is 68.6 cm³/mol. The molecule has 18 heavy (non-hydrogen) atoms. The fourth-order valence-electron chi connectivity index (χ4n) is 1.46. The molecular weight excluding hydrogens is 234 g/mol. The molecule has 0 fully saturated rings. The van der Waals surface area contributed by atoms with Gasteiger partial charge in [0.2, 0.25) is 5.88 Å². The molecule has 1 aromatic heterocycles. The molecule has 0 bridgehead atoms. The van der Waals surface area contributed by atoms with Crippen LogP contribution < -0.4 is 10.5 Å². The Labute approximate surface area is 106 Å². The summed E-state index contributed by atoms with van der Waals surface area (Å²) in [6, 6.07) is 1.56. The minimum Gasteiger partial charge on any atom is -0.476 e. The number of nitrogens with zero attached hydrogens (tertiary/aromatic N) is 2. The molecule has 0 amide bonds. The monoisotopic (exact) mass is 253 g/mol. The van der Waals surface area contributed by atoms with E-state index in [1.54, 1.807) is 13.0 Å². The molecular formula is C12H19N3O3. The first-order valence-electron chi connectivity index (χ1n) is 5.94. The lowest BCUT2D eigenvalue weighted by molar-refractivity contribution is -0.385. The lowest BCUT2D eigenvalue weighted by Crippen LogP contribution is -2.44. The first kappa shape index (κ1) is 14.4. The van der Waals surface area contributed by atoms with E-state index in [0.717, 1.165) is 12.8 Å². The van der Waals surface area contributed by atoms with Crippen LogP contribution in [0.5, 0.6) is 5.88 Å². The highest BCUT2D eigenvalue weighted by Gasteiger charge is 2.22. The summed E-state index contributed by atoms with van der Waals surface area (Å²) in [5.41, 5.74) is 6.24. The van der Waals surface area contributed by atoms with E-state index in [4.69, 9.17) is 10.5 Å². The highest BCUT2D eigenvalue weighted by molar-refractivity contribution is 5.39. The summed E-state index contributed by atoms with van der Waals surface area (Å²) in [5, 5.41) is 10.6. The first-order valence-corrected chi connectivity index (χ1v) is 5.94. The van der Waals surface area contributed by atoms with Crippen LogP contribution in [0.2, 0.25) is 0 Å². The number of aromatic nitrogens is 1. The van der Waals surface area contributed by atoms with Crippen molar-refractivity contribution in [3.63, 3.8) is 0 Å². The molecule has 0 saturated carbocycles. The summed E-state index contributed by atoms with van der Waals surface area (Å²) in [5.74, 6) is 0.370. The SMILES string of the molecule is CCC(N)(CC)COc1cc(C)c([N+](=O)[O-])cn1. The molecule has 0 radical (unpaired) electrons. The average Bonchev–Trinajstić information content (AvgIpc) is 2.35. The van der Waals surface area contributed by atoms with E-state index in [9.17, 15) is 10.1 Å². The van der Waals surface area contributed by atoms with Gasteiger partial charge in [-0.2, -0.15) is 0 Å². The number of nitro groups is 1. The molecule has 0 unspecified atom stereocenters. The van der Waals surface area contributed by atoms with Crippen molar-refractivity contribution in [2.24, 2.45) is 5.73 Å². The van der Waals surface area contributed by atoms with Gasteiger partial charge in [0.05, 0.1) is 4.92 Å². The van der Waals surface area contributed by atoms with Gasteiger partial charge in [-0.1, -0.05) is 13.8 Å². The lowest BCUT2D eigenvalue weighted by Gasteiger charge is -2.26. The van der Waals surface area contributed by atoms with Crippen LogP contribution in [0.25, 0.3) is 0 Å². The van der Waals surface area contributed by atoms with Gasteiger partial charge in [-0.3, -0.25) is 10.1 Å². The number of nitrogens with two attached hydrogens (primary N) is 1. The summed E-state index contributed by atoms with van der Waals surface area (Å²) in [6.45, 7) is 6.01. The van der Waals surface area contributed by atoms with Crippen LogP contribution in [0.1, 0.15) is 32.3 Å². The molecule has 0 aliphatic heterocycles. The minimum atomic E-state index is -0.461. The van der Waals surface area contributed by atoms with Crippen LogP contribution in [0.3, 0.4) is 0 Å². The zero-order chi connectivity index (χ0) is 13.8. The molecule has 0 spiro atoms. The number of aryl methyl sites for hydroxylation is 1. The van der Waals surface area contributed by atoms with Gasteiger partial charge in [-0.15, -0.1) is 0 Å². The molecule has 2 N–H and O–H groups in total. The summed E-state index contributed by atoms with van der Waals surface area (Å²) >= 11 is 0. The fraction of sp³-hybridized carbons (Fsp3) is 0.583. The van der Waals surface area contributed by atoms with Gasteiger partial charge in [-0.25, -0.2) is 4.98 Å². The summed E-state index contributed by atoms with van der Waals surface area (Å²) in [4.78, 5) is 14.1. The van der Waals surface area contributed by atoms with Gasteiger partial charge in [0.25, 0.3) is 5.69 Å². The Morgan fingerprint density at radius 1 is 1.50 bits per heavy atom. The van der Waals surface area contributed by atoms with E-state index < -0.39 is 4.92 Å². The zero-order valence-corrected chi connectivity index (χ0v) is 11.0. The second-order valence-electron chi connectivity index (χ2n) is 4.42. The van der Waals surface area contributed by atoms with Crippen LogP contribution in [-0.2, 0) is 0 Å². The number of pyridine rings is 1. The Balaban J connectivity index is 2.75. The van der Waals surface area contributed by atoms with E-state index in [2.05, 4.69) is 4.98 Å². The third-order valence-electron chi connectivity index (χ3n) is 3.17. The molecule has 1 heterocycles. The van der Waals surface area contributed by atoms with E-state index in [1.165, 1.54) is 6.20 Å². The quantitative estimate of drug-likeness (QED) is 0.619. The highest BCUT2D eigenvalue weighted by Crippen LogP contribution is 2.21. The maximum atomic E-state index is 10.6. The summed E-state index contributed by atoms with van der Waals surface area (Å²) < 4.78 is 5.51. The van der Waals surface area contributed by atoms with Crippen molar-refractivity contribution in [2.75, 3.05) is 6.61 Å². The van der Waals surface area contributed by atoms with Crippen molar-refractivity contribution < 1.29 is 9.66 Å². The van der Waals surface area contributed by atoms with Crippen molar-refractivity contribution >= 4 is 5.69 Å². The molecule has 6 heteroatoms. The Morgan fingerprint density at radius 2 is 2.11 bits per heavy atom. The second kappa shape index (κ2) is 5.77. The van der Waals surface area contributed by atoms with Crippen molar-refractivity contribution in [3.05, 3.63) is 27.9 Å². The van der Waals surface area contributed by atoms with Crippen molar-refractivity contribution in [1.29, 1.82) is 0 Å². The average molecular weight is 253 g/mol. The molecule has 0 aliphatic carbocycles. The largest absolute Gasteiger partial charge is 0.476 e. The van der Waals surface area contributed by atoms with Gasteiger partial charge < -0.3 is 10.5 Å². The smallest absolute Gasteiger partial charge is 0.290 e. The van der Waals surface area contributed by atoms with E-state index in [0.29, 0.717) is 18.1 Å². The minimum absolute atomic E-state index is 0.00709. The van der Waals surface area contributed by atoms with Crippen molar-refractivity contribution in [3.8, 4) is 5.88 Å². The van der Waals surface area contributed by atoms with Crippen molar-refractivity contribution in [2.45, 2.75) is 39.2 Å². The lowest BCUT2D eigenvalue weighted by atomic mass is 9.96. The molecule has 0 aromatic carbocycles. The van der Waals surface area contributed by atoms with Crippen molar-refractivity contribution in [1.82, 2.24) is 4.98 Å². The Hall–Kier alpha value is -1.69. The normalized spacial score (nSPS) is 11.3. The Kier molecular flexibility index (Phi) is 4.61. The van der Waals surface area contributed by atoms with E-state index >= 15 is 0 Å². The third-order valence-corrected chi connectivity index (χ3v) is 3.17. The van der Waals surface area contributed by atoms with Gasteiger partial charge in [-0.05, 0) is 19.8 Å². The molecule has 100 valence electrons. The van der Waals surface area contributed by atoms with Crippen LogP contribution >= 0.6 is 0 Å². The van der Waals surface area contributed by atoms with Crippen LogP contribution in [0.15, 0.2) is 12.3 Å². The van der Waals surface area contributed by atoms with Crippen LogP contribution in [-0.4, -0.2) is 22.1 Å². The van der Waals surface area contributed by atoms with Gasteiger partial charge >= 0.3 is 0 Å². The number of hydrogen-bond donors (Lipinski definition) is 1. The van der Waals surface area contributed by atoms with E-state index in [-0.39, 0.29) is 11.2 Å². The second-order valence-corrected chi connectivity index (χ2v) is 4.42. The molecule has 6 nitrogen and oxygen atoms in total. The topological polar surface area (TPSA) is 91.3 Å². The molecule has 1 rings (SSSR count). The Bertz CT molecular complexity index is 431. The number of hydrogen-bond acceptors (Lipinski definition) is 5. The summed E-state index contributed by atoms with van der Waals surface area (Å²) in [7, 11) is 0. The van der Waals surface area contributed by atoms with Gasteiger partial charge in [0, 0.05) is 17.2 Å². The van der Waals surface area contributed by atoms with Crippen LogP contribution in [0.4, 0.5) is 5.69 Å². The number of rotatable bonds is 6. The highest BCUT2D eigenvalue weighted by atomic mass is 16.6. The number of ether oxygens (including phenoxy) is 1. The standard InChI is InChI=1S/C12H19N3O3/c1-4-12(13,5-2)8-18-11-6-9(3)10(7-14-11)15(16)17/h6-7H,4-5,8,13H2,1-3H3. The molecule has 0 atom stereocenters. The van der Waals surface area contributed by atoms with Crippen LogP contribution in [0, 0.1) is 17.0 Å². The fourth-order valence-corrected chi connectivity index (χ4v) is 1.46. The predicted octanol–water partition coefficient (Wildman–Crippen LogP) is 2.19. The maximum Gasteiger partial charge on any atom is 0.290 e. The van der Waals surface area contributed by atoms with Gasteiger partial charge in [0.15, 0.2) is 0 Å². The molecule has 0 aliphatic rings. The Morgan fingerprint density at radius 3 is 2.56 bits per heavy atom.